The van der Waals surface area contributed by atoms with E-state index in [1.54, 1.807) is 18.2 Å². The van der Waals surface area contributed by atoms with Crippen LogP contribution in [0.15, 0.2) is 64.9 Å². The molecule has 0 aromatic heterocycles. The lowest BCUT2D eigenvalue weighted by molar-refractivity contribution is 0.600. The number of fused-ring (bicyclic) bond motifs is 1. The minimum absolute atomic E-state index is 0.279. The second-order valence-corrected chi connectivity index (χ2v) is 5.47. The SMILES string of the molecule is C=CC1=C(C=C)S(=O)(=O)c2ccccc2C1.CC.CC. The van der Waals surface area contributed by atoms with Gasteiger partial charge in [-0.15, -0.1) is 0 Å². The van der Waals surface area contributed by atoms with Crippen LogP contribution in [0.5, 0.6) is 0 Å². The van der Waals surface area contributed by atoms with Gasteiger partial charge in [-0.3, -0.25) is 0 Å². The summed E-state index contributed by atoms with van der Waals surface area (Å²) in [5, 5.41) is 0. The first-order valence-corrected chi connectivity index (χ1v) is 8.40. The van der Waals surface area contributed by atoms with E-state index in [4.69, 9.17) is 0 Å². The van der Waals surface area contributed by atoms with Crippen molar-refractivity contribution in [3.63, 3.8) is 0 Å². The van der Waals surface area contributed by atoms with Gasteiger partial charge in [0.05, 0.1) is 9.80 Å². The molecular weight excluding hydrogens is 268 g/mol. The monoisotopic (exact) mass is 292 g/mol. The number of hydrogen-bond donors (Lipinski definition) is 0. The molecule has 1 aromatic carbocycles. The Balaban J connectivity index is 0.000000829. The third kappa shape index (κ3) is 3.48. The van der Waals surface area contributed by atoms with Gasteiger partial charge < -0.3 is 0 Å². The molecule has 1 aromatic rings. The van der Waals surface area contributed by atoms with E-state index in [9.17, 15) is 8.42 Å². The quantitative estimate of drug-likeness (QED) is 0.792. The molecule has 1 aliphatic rings. The molecule has 0 N–H and O–H groups in total. The van der Waals surface area contributed by atoms with Crippen LogP contribution in [0.3, 0.4) is 0 Å². The van der Waals surface area contributed by atoms with Crippen LogP contribution in [0.4, 0.5) is 0 Å². The molecule has 0 saturated carbocycles. The predicted molar refractivity (Wildman–Crippen MR) is 87.4 cm³/mol. The van der Waals surface area contributed by atoms with Crippen molar-refractivity contribution >= 4 is 9.84 Å². The molecule has 1 heterocycles. The Morgan fingerprint density at radius 1 is 1.00 bits per heavy atom. The molecule has 0 saturated heterocycles. The lowest BCUT2D eigenvalue weighted by Crippen LogP contribution is -2.14. The average Bonchev–Trinajstić information content (AvgIpc) is 2.50. The van der Waals surface area contributed by atoms with Crippen LogP contribution in [0, 0.1) is 0 Å². The van der Waals surface area contributed by atoms with Crippen molar-refractivity contribution in [1.82, 2.24) is 0 Å². The van der Waals surface area contributed by atoms with Crippen molar-refractivity contribution in [1.29, 1.82) is 0 Å². The van der Waals surface area contributed by atoms with E-state index in [-0.39, 0.29) is 4.91 Å². The van der Waals surface area contributed by atoms with Gasteiger partial charge in [-0.05, 0) is 17.2 Å². The van der Waals surface area contributed by atoms with Gasteiger partial charge in [0.25, 0.3) is 0 Å². The van der Waals surface area contributed by atoms with Gasteiger partial charge in [0, 0.05) is 6.42 Å². The second-order valence-electron chi connectivity index (χ2n) is 3.59. The van der Waals surface area contributed by atoms with E-state index in [0.717, 1.165) is 5.56 Å². The molecule has 0 unspecified atom stereocenters. The van der Waals surface area contributed by atoms with Crippen LogP contribution in [0.2, 0.25) is 0 Å². The van der Waals surface area contributed by atoms with Gasteiger partial charge in [-0.2, -0.15) is 0 Å². The smallest absolute Gasteiger partial charge is 0.207 e. The van der Waals surface area contributed by atoms with Gasteiger partial charge in [-0.25, -0.2) is 8.42 Å². The van der Waals surface area contributed by atoms with E-state index >= 15 is 0 Å². The van der Waals surface area contributed by atoms with Crippen LogP contribution in [0.25, 0.3) is 0 Å². The van der Waals surface area contributed by atoms with Gasteiger partial charge >= 0.3 is 0 Å². The summed E-state index contributed by atoms with van der Waals surface area (Å²) in [7, 11) is -3.40. The molecule has 2 rings (SSSR count). The minimum Gasteiger partial charge on any atom is -0.218 e. The maximum absolute atomic E-state index is 12.2. The van der Waals surface area contributed by atoms with Crippen LogP contribution >= 0.6 is 0 Å². The molecule has 0 fully saturated rings. The molecular formula is C17H24O2S. The molecule has 0 aliphatic carbocycles. The second kappa shape index (κ2) is 8.54. The molecule has 2 nitrogen and oxygen atoms in total. The highest BCUT2D eigenvalue weighted by atomic mass is 32.2. The van der Waals surface area contributed by atoms with Crippen molar-refractivity contribution < 1.29 is 8.42 Å². The molecule has 0 spiro atoms. The fourth-order valence-electron chi connectivity index (χ4n) is 1.91. The van der Waals surface area contributed by atoms with Gasteiger partial charge in [-0.1, -0.05) is 71.2 Å². The Kier molecular flexibility index (Phi) is 7.85. The van der Waals surface area contributed by atoms with Gasteiger partial charge in [0.2, 0.25) is 9.84 Å². The van der Waals surface area contributed by atoms with Crippen LogP contribution in [0.1, 0.15) is 33.3 Å². The zero-order valence-corrected chi connectivity index (χ0v) is 13.6. The number of benzene rings is 1. The first-order chi connectivity index (χ1) is 9.61. The molecule has 20 heavy (non-hydrogen) atoms. The van der Waals surface area contributed by atoms with Crippen molar-refractivity contribution in [2.24, 2.45) is 0 Å². The van der Waals surface area contributed by atoms with Gasteiger partial charge in [0.15, 0.2) is 0 Å². The Morgan fingerprint density at radius 3 is 2.05 bits per heavy atom. The summed E-state index contributed by atoms with van der Waals surface area (Å²) in [6.45, 7) is 15.2. The van der Waals surface area contributed by atoms with E-state index in [1.165, 1.54) is 6.08 Å². The number of rotatable bonds is 2. The third-order valence-electron chi connectivity index (χ3n) is 2.68. The van der Waals surface area contributed by atoms with Crippen LogP contribution < -0.4 is 0 Å². The largest absolute Gasteiger partial charge is 0.218 e. The van der Waals surface area contributed by atoms with Crippen molar-refractivity contribution in [3.05, 3.63) is 65.6 Å². The molecule has 0 amide bonds. The van der Waals surface area contributed by atoms with E-state index in [0.29, 0.717) is 16.9 Å². The minimum atomic E-state index is -3.40. The Morgan fingerprint density at radius 2 is 1.55 bits per heavy atom. The van der Waals surface area contributed by atoms with E-state index in [1.807, 2.05) is 39.8 Å². The predicted octanol–water partition coefficient (Wildman–Crippen LogP) is 4.69. The summed E-state index contributed by atoms with van der Waals surface area (Å²) in [6.07, 6.45) is 3.58. The Hall–Kier alpha value is -1.61. The Labute approximate surface area is 123 Å². The molecule has 110 valence electrons. The molecule has 0 bridgehead atoms. The zero-order chi connectivity index (χ0) is 15.8. The number of allylic oxidation sites excluding steroid dienone is 3. The lowest BCUT2D eigenvalue weighted by Gasteiger charge is -2.19. The van der Waals surface area contributed by atoms with Crippen LogP contribution in [-0.4, -0.2) is 8.42 Å². The van der Waals surface area contributed by atoms with Crippen molar-refractivity contribution in [2.45, 2.75) is 39.0 Å². The first kappa shape index (κ1) is 18.4. The van der Waals surface area contributed by atoms with Crippen molar-refractivity contribution in [2.75, 3.05) is 0 Å². The summed E-state index contributed by atoms with van der Waals surface area (Å²) >= 11 is 0. The normalized spacial score (nSPS) is 14.8. The van der Waals surface area contributed by atoms with Gasteiger partial charge in [0.1, 0.15) is 0 Å². The molecule has 1 aliphatic heterocycles. The zero-order valence-electron chi connectivity index (χ0n) is 12.8. The standard InChI is InChI=1S/C13H12O2S.2C2H6/c1-3-10-9-11-7-5-6-8-13(11)16(14,15)12(10)4-2;2*1-2/h3-8H,1-2,9H2;2*1-2H3. The highest BCUT2D eigenvalue weighted by Gasteiger charge is 2.28. The number of sulfone groups is 1. The maximum atomic E-state index is 12.2. The molecule has 0 radical (unpaired) electrons. The number of hydrogen-bond acceptors (Lipinski definition) is 2. The summed E-state index contributed by atoms with van der Waals surface area (Å²) in [5.41, 5.74) is 1.54. The summed E-state index contributed by atoms with van der Waals surface area (Å²) in [6, 6.07) is 7.04. The fourth-order valence-corrected chi connectivity index (χ4v) is 3.61. The topological polar surface area (TPSA) is 34.1 Å². The highest BCUT2D eigenvalue weighted by molar-refractivity contribution is 7.95. The maximum Gasteiger partial charge on any atom is 0.207 e. The van der Waals surface area contributed by atoms with Crippen molar-refractivity contribution in [3.8, 4) is 0 Å². The summed E-state index contributed by atoms with van der Waals surface area (Å²) in [4.78, 5) is 0.664. The average molecular weight is 292 g/mol. The highest BCUT2D eigenvalue weighted by Crippen LogP contribution is 2.33. The first-order valence-electron chi connectivity index (χ1n) is 6.92. The van der Waals surface area contributed by atoms with E-state index in [2.05, 4.69) is 13.2 Å². The van der Waals surface area contributed by atoms with Crippen LogP contribution in [-0.2, 0) is 16.3 Å². The Bertz CT molecular complexity index is 593. The molecule has 3 heteroatoms. The fraction of sp³-hybridized carbons (Fsp3) is 0.294. The third-order valence-corrected chi connectivity index (χ3v) is 4.67. The van der Waals surface area contributed by atoms with E-state index < -0.39 is 9.84 Å². The lowest BCUT2D eigenvalue weighted by atomic mass is 10.0. The molecule has 0 atom stereocenters. The summed E-state index contributed by atoms with van der Waals surface area (Å²) < 4.78 is 24.5. The summed E-state index contributed by atoms with van der Waals surface area (Å²) in [5.74, 6) is 0.